The summed E-state index contributed by atoms with van der Waals surface area (Å²) in [5, 5.41) is 0. The van der Waals surface area contributed by atoms with Gasteiger partial charge in [-0.25, -0.2) is 8.42 Å². The Morgan fingerprint density at radius 1 is 1.20 bits per heavy atom. The summed E-state index contributed by atoms with van der Waals surface area (Å²) < 4.78 is 34.1. The lowest BCUT2D eigenvalue weighted by atomic mass is 9.93. The molecule has 0 spiro atoms. The van der Waals surface area contributed by atoms with Crippen molar-refractivity contribution in [2.45, 2.75) is 38.5 Å². The first-order valence-corrected chi connectivity index (χ1v) is 11.5. The van der Waals surface area contributed by atoms with Gasteiger partial charge in [0.1, 0.15) is 12.4 Å². The van der Waals surface area contributed by atoms with Crippen molar-refractivity contribution in [3.8, 4) is 5.75 Å². The van der Waals surface area contributed by atoms with Crippen molar-refractivity contribution in [2.75, 3.05) is 22.8 Å². The number of nitrogens with one attached hydrogen (secondary N) is 1. The molecule has 1 N–H and O–H groups in total. The molecule has 160 valence electrons. The van der Waals surface area contributed by atoms with Gasteiger partial charge < -0.3 is 9.64 Å². The van der Waals surface area contributed by atoms with Gasteiger partial charge in [-0.15, -0.1) is 6.58 Å². The van der Waals surface area contributed by atoms with Gasteiger partial charge in [0.05, 0.1) is 21.7 Å². The number of fused-ring (bicyclic) bond motifs is 1. The molecule has 2 aromatic rings. The Hall–Kier alpha value is -2.80. The molecule has 0 saturated carbocycles. The Kier molecular flexibility index (Phi) is 6.22. The number of rotatable bonds is 7. The van der Waals surface area contributed by atoms with Gasteiger partial charge in [-0.2, -0.15) is 0 Å². The summed E-state index contributed by atoms with van der Waals surface area (Å²) in [6, 6.07) is 11.8. The van der Waals surface area contributed by atoms with Crippen LogP contribution < -0.4 is 14.4 Å². The lowest BCUT2D eigenvalue weighted by Gasteiger charge is -2.27. The van der Waals surface area contributed by atoms with E-state index in [1.807, 2.05) is 26.0 Å². The Morgan fingerprint density at radius 3 is 2.53 bits per heavy atom. The fraction of sp³-hybridized carbons (Fsp3) is 0.348. The Labute approximate surface area is 178 Å². The summed E-state index contributed by atoms with van der Waals surface area (Å²) in [5.74, 6) is 0.385. The smallest absolute Gasteiger partial charge is 0.261 e. The first-order valence-electron chi connectivity index (χ1n) is 9.99. The third-order valence-electron chi connectivity index (χ3n) is 5.00. The second-order valence-electron chi connectivity index (χ2n) is 8.06. The van der Waals surface area contributed by atoms with Crippen molar-refractivity contribution in [3.05, 3.63) is 60.7 Å². The number of carbonyl (C=O) groups excluding carboxylic acids is 1. The zero-order valence-electron chi connectivity index (χ0n) is 17.6. The van der Waals surface area contributed by atoms with E-state index in [9.17, 15) is 13.2 Å². The average Bonchev–Trinajstić information content (AvgIpc) is 2.79. The molecule has 2 aromatic carbocycles. The molecule has 1 aliphatic rings. The Morgan fingerprint density at radius 2 is 1.90 bits per heavy atom. The van der Waals surface area contributed by atoms with Gasteiger partial charge >= 0.3 is 0 Å². The zero-order chi connectivity index (χ0) is 21.9. The highest BCUT2D eigenvalue weighted by molar-refractivity contribution is 7.92. The molecule has 0 fully saturated rings. The number of hydrogen-bond acceptors (Lipinski definition) is 4. The van der Waals surface area contributed by atoms with E-state index in [1.54, 1.807) is 41.3 Å². The van der Waals surface area contributed by atoms with E-state index in [-0.39, 0.29) is 17.4 Å². The van der Waals surface area contributed by atoms with Crippen LogP contribution in [-0.4, -0.2) is 27.5 Å². The number of amides is 1. The first-order chi connectivity index (χ1) is 14.2. The molecule has 1 amide bonds. The molecule has 7 heteroatoms. The van der Waals surface area contributed by atoms with E-state index >= 15 is 0 Å². The van der Waals surface area contributed by atoms with Crippen LogP contribution in [-0.2, 0) is 21.2 Å². The van der Waals surface area contributed by atoms with Crippen LogP contribution >= 0.6 is 0 Å². The minimum absolute atomic E-state index is 0.0679. The third kappa shape index (κ3) is 4.51. The molecule has 6 nitrogen and oxygen atoms in total. The first kappa shape index (κ1) is 21.9. The fourth-order valence-electron chi connectivity index (χ4n) is 3.36. The van der Waals surface area contributed by atoms with Crippen molar-refractivity contribution >= 4 is 27.3 Å². The van der Waals surface area contributed by atoms with Crippen LogP contribution in [0, 0.1) is 5.41 Å². The van der Waals surface area contributed by atoms with Crippen molar-refractivity contribution in [3.63, 3.8) is 0 Å². The van der Waals surface area contributed by atoms with Crippen molar-refractivity contribution in [1.82, 2.24) is 0 Å². The van der Waals surface area contributed by atoms with Gasteiger partial charge in [-0.1, -0.05) is 31.6 Å². The summed E-state index contributed by atoms with van der Waals surface area (Å²) in [4.78, 5) is 14.7. The lowest BCUT2D eigenvalue weighted by Crippen LogP contribution is -2.42. The van der Waals surface area contributed by atoms with Crippen LogP contribution in [0.3, 0.4) is 0 Å². The molecule has 0 radical (unpaired) electrons. The van der Waals surface area contributed by atoms with Gasteiger partial charge in [-0.3, -0.25) is 9.52 Å². The second kappa shape index (κ2) is 8.52. The van der Waals surface area contributed by atoms with E-state index in [0.29, 0.717) is 23.7 Å². The summed E-state index contributed by atoms with van der Waals surface area (Å²) in [7, 11) is -3.74. The Balaban J connectivity index is 1.89. The molecule has 1 heterocycles. The highest BCUT2D eigenvalue weighted by atomic mass is 32.2. The SMILES string of the molecule is C=CCN1C(=O)C(C)(C)COc2cc(NS(=O)(=O)c3ccc(CCC)cc3)ccc21. The van der Waals surface area contributed by atoms with Gasteiger partial charge in [0.2, 0.25) is 5.91 Å². The Bertz CT molecular complexity index is 1040. The maximum absolute atomic E-state index is 12.9. The summed E-state index contributed by atoms with van der Waals surface area (Å²) in [5.41, 5.74) is 1.36. The molecule has 0 bridgehead atoms. The third-order valence-corrected chi connectivity index (χ3v) is 6.40. The molecule has 3 rings (SSSR count). The van der Waals surface area contributed by atoms with Gasteiger partial charge in [0.15, 0.2) is 0 Å². The van der Waals surface area contributed by atoms with Gasteiger partial charge in [0.25, 0.3) is 10.0 Å². The molecular weight excluding hydrogens is 400 g/mol. The molecule has 30 heavy (non-hydrogen) atoms. The van der Waals surface area contributed by atoms with E-state index in [1.165, 1.54) is 0 Å². The molecule has 0 atom stereocenters. The van der Waals surface area contributed by atoms with Crippen LogP contribution in [0.1, 0.15) is 32.8 Å². The van der Waals surface area contributed by atoms with Crippen LogP contribution in [0.15, 0.2) is 60.0 Å². The summed E-state index contributed by atoms with van der Waals surface area (Å²) >= 11 is 0. The highest BCUT2D eigenvalue weighted by Gasteiger charge is 2.37. The predicted octanol–water partition coefficient (Wildman–Crippen LogP) is 4.38. The number of anilines is 2. The number of ether oxygens (including phenoxy) is 1. The van der Waals surface area contributed by atoms with Gasteiger partial charge in [-0.05, 0) is 50.1 Å². The molecule has 0 saturated heterocycles. The lowest BCUT2D eigenvalue weighted by molar-refractivity contribution is -0.127. The van der Waals surface area contributed by atoms with E-state index in [4.69, 9.17) is 4.74 Å². The minimum atomic E-state index is -3.74. The van der Waals surface area contributed by atoms with E-state index < -0.39 is 15.4 Å². The monoisotopic (exact) mass is 428 g/mol. The number of sulfonamides is 1. The minimum Gasteiger partial charge on any atom is -0.490 e. The molecular formula is C23H28N2O4S. The maximum Gasteiger partial charge on any atom is 0.261 e. The number of benzene rings is 2. The average molecular weight is 429 g/mol. The van der Waals surface area contributed by atoms with Crippen LogP contribution in [0.2, 0.25) is 0 Å². The molecule has 0 unspecified atom stereocenters. The molecule has 0 aliphatic carbocycles. The van der Waals surface area contributed by atoms with Crippen LogP contribution in [0.5, 0.6) is 5.75 Å². The number of aryl methyl sites for hydroxylation is 1. The quantitative estimate of drug-likeness (QED) is 0.664. The standard InChI is InChI=1S/C23H28N2O4S/c1-5-7-17-8-11-19(12-9-17)30(27,28)24-18-10-13-20-21(15-18)29-16-23(3,4)22(26)25(20)14-6-2/h6,8-13,15,24H,2,5,7,14,16H2,1,3-4H3. The predicted molar refractivity (Wildman–Crippen MR) is 120 cm³/mol. The van der Waals surface area contributed by atoms with Crippen molar-refractivity contribution in [2.24, 2.45) is 5.41 Å². The fourth-order valence-corrected chi connectivity index (χ4v) is 4.41. The zero-order valence-corrected chi connectivity index (χ0v) is 18.5. The highest BCUT2D eigenvalue weighted by Crippen LogP contribution is 2.38. The topological polar surface area (TPSA) is 75.7 Å². The summed E-state index contributed by atoms with van der Waals surface area (Å²) in [6.07, 6.45) is 3.57. The van der Waals surface area contributed by atoms with Crippen molar-refractivity contribution in [1.29, 1.82) is 0 Å². The number of hydrogen-bond donors (Lipinski definition) is 1. The summed E-state index contributed by atoms with van der Waals surface area (Å²) in [6.45, 7) is 9.99. The number of carbonyl (C=O) groups is 1. The van der Waals surface area contributed by atoms with Gasteiger partial charge in [0, 0.05) is 12.6 Å². The van der Waals surface area contributed by atoms with Crippen LogP contribution in [0.25, 0.3) is 0 Å². The molecule has 0 aromatic heterocycles. The van der Waals surface area contributed by atoms with E-state index in [2.05, 4.69) is 18.2 Å². The van der Waals surface area contributed by atoms with Crippen molar-refractivity contribution < 1.29 is 17.9 Å². The maximum atomic E-state index is 12.9. The second-order valence-corrected chi connectivity index (χ2v) is 9.74. The van der Waals surface area contributed by atoms with E-state index in [0.717, 1.165) is 18.4 Å². The van der Waals surface area contributed by atoms with Crippen LogP contribution in [0.4, 0.5) is 11.4 Å². The molecule has 1 aliphatic heterocycles. The largest absolute Gasteiger partial charge is 0.490 e. The number of nitrogens with zero attached hydrogens (tertiary/aromatic N) is 1. The normalized spacial score (nSPS) is 15.7.